The molecule has 3 aromatic rings. The van der Waals surface area contributed by atoms with Crippen LogP contribution < -0.4 is 4.74 Å². The summed E-state index contributed by atoms with van der Waals surface area (Å²) in [5.41, 5.74) is -1.23. The topological polar surface area (TPSA) is 213 Å². The number of aromatic hydroxyl groups is 2. The Morgan fingerprint density at radius 3 is 2.52 bits per heavy atom. The first-order chi connectivity index (χ1) is 27.9. The first-order valence-electron chi connectivity index (χ1n) is 20.1. The second-order valence-electron chi connectivity index (χ2n) is 16.4. The van der Waals surface area contributed by atoms with Gasteiger partial charge in [0.15, 0.2) is 5.78 Å². The van der Waals surface area contributed by atoms with Crippen LogP contribution in [0.15, 0.2) is 42.5 Å². The van der Waals surface area contributed by atoms with Crippen molar-refractivity contribution in [1.29, 1.82) is 0 Å². The number of benzene rings is 3. The SMILES string of the molecule is Cc1c(C(=O)CCc2ccccc2)c(O)c2c(O[C@@H]3O[C@H](CO)[C@]4(CC[C@@H]5CCC[C@H]6COC[C@](CCCO)(CSSCO4)[C@@H]56)[C@H](O)[C@H]3O)cc(C(=O)O)cc2c1O. The van der Waals surface area contributed by atoms with Crippen LogP contribution in [0.3, 0.4) is 0 Å². The molecule has 3 heterocycles. The highest BCUT2D eigenvalue weighted by Gasteiger charge is 2.59. The zero-order chi connectivity index (χ0) is 41.2. The summed E-state index contributed by atoms with van der Waals surface area (Å²) in [7, 11) is 3.11. The Labute approximate surface area is 345 Å². The largest absolute Gasteiger partial charge is 0.507 e. The molecule has 9 atom stereocenters. The van der Waals surface area contributed by atoms with Crippen molar-refractivity contribution in [2.75, 3.05) is 38.1 Å². The fourth-order valence-electron chi connectivity index (χ4n) is 10.2. The lowest BCUT2D eigenvalue weighted by Gasteiger charge is -2.54. The van der Waals surface area contributed by atoms with Crippen molar-refractivity contribution in [2.24, 2.45) is 23.2 Å². The average molecular weight is 843 g/mol. The zero-order valence-corrected chi connectivity index (χ0v) is 34.2. The Bertz CT molecular complexity index is 1940. The molecule has 0 aromatic heterocycles. The predicted molar refractivity (Wildman–Crippen MR) is 218 cm³/mol. The van der Waals surface area contributed by atoms with Gasteiger partial charge in [-0.05, 0) is 80.9 Å². The molecule has 7 rings (SSSR count). The highest BCUT2D eigenvalue weighted by atomic mass is 33.1. The second-order valence-corrected chi connectivity index (χ2v) is 18.8. The van der Waals surface area contributed by atoms with Crippen LogP contribution in [0.1, 0.15) is 83.2 Å². The van der Waals surface area contributed by atoms with Gasteiger partial charge in [0.2, 0.25) is 6.29 Å². The smallest absolute Gasteiger partial charge is 0.335 e. The quantitative estimate of drug-likeness (QED) is 0.0712. The molecule has 1 saturated carbocycles. The molecule has 1 aliphatic carbocycles. The van der Waals surface area contributed by atoms with E-state index >= 15 is 0 Å². The van der Waals surface area contributed by atoms with Gasteiger partial charge in [0.1, 0.15) is 47.1 Å². The summed E-state index contributed by atoms with van der Waals surface area (Å²) in [6.07, 6.45) is -0.560. The third-order valence-corrected chi connectivity index (χ3v) is 15.3. The van der Waals surface area contributed by atoms with Crippen molar-refractivity contribution in [3.05, 3.63) is 64.7 Å². The van der Waals surface area contributed by atoms with E-state index in [1.165, 1.54) is 17.7 Å². The van der Waals surface area contributed by atoms with E-state index < -0.39 is 60.1 Å². The van der Waals surface area contributed by atoms with Gasteiger partial charge in [-0.3, -0.25) is 4.79 Å². The summed E-state index contributed by atoms with van der Waals surface area (Å²) in [6, 6.07) is 11.6. The maximum Gasteiger partial charge on any atom is 0.335 e. The molecule has 3 saturated heterocycles. The molecule has 0 unspecified atom stereocenters. The number of ether oxygens (including phenoxy) is 4. The number of aliphatic hydroxyl groups is 4. The van der Waals surface area contributed by atoms with Gasteiger partial charge in [-0.2, -0.15) is 0 Å². The van der Waals surface area contributed by atoms with E-state index in [4.69, 9.17) is 18.9 Å². The van der Waals surface area contributed by atoms with Crippen LogP contribution in [-0.4, -0.2) is 116 Å². The number of aliphatic hydroxyl groups excluding tert-OH is 4. The summed E-state index contributed by atoms with van der Waals surface area (Å²) in [5, 5.41) is 77.5. The van der Waals surface area contributed by atoms with Gasteiger partial charge in [-0.25, -0.2) is 4.79 Å². The highest BCUT2D eigenvalue weighted by Crippen LogP contribution is 2.56. The molecule has 13 nitrogen and oxygen atoms in total. The summed E-state index contributed by atoms with van der Waals surface area (Å²) in [6.45, 7) is 2.23. The van der Waals surface area contributed by atoms with Gasteiger partial charge in [0.05, 0.1) is 29.7 Å². The number of carboxylic acid groups (broad SMARTS) is 1. The lowest BCUT2D eigenvalue weighted by Crippen LogP contribution is -2.69. The molecule has 1 spiro atoms. The molecule has 0 bridgehead atoms. The van der Waals surface area contributed by atoms with Crippen LogP contribution in [-0.2, 0) is 20.6 Å². The number of carbonyl (C=O) groups excluding carboxylic acids is 1. The normalized spacial score (nSPS) is 31.6. The molecule has 4 fully saturated rings. The van der Waals surface area contributed by atoms with Crippen LogP contribution >= 0.6 is 21.6 Å². The number of carbonyl (C=O) groups is 2. The number of rotatable bonds is 11. The number of phenols is 2. The predicted octanol–water partition coefficient (Wildman–Crippen LogP) is 5.60. The fourth-order valence-corrected chi connectivity index (χ4v) is 12.6. The van der Waals surface area contributed by atoms with Crippen LogP contribution in [0.25, 0.3) is 10.8 Å². The third kappa shape index (κ3) is 8.18. The number of phenolic OH excluding ortho intramolecular Hbond substituents is 2. The monoisotopic (exact) mass is 842 g/mol. The fraction of sp³-hybridized carbons (Fsp3) is 0.581. The van der Waals surface area contributed by atoms with E-state index in [-0.39, 0.29) is 69.9 Å². The van der Waals surface area contributed by atoms with Crippen molar-refractivity contribution in [3.63, 3.8) is 0 Å². The minimum atomic E-state index is -1.78. The molecule has 0 amide bonds. The van der Waals surface area contributed by atoms with Crippen molar-refractivity contribution in [2.45, 2.75) is 94.9 Å². The number of aromatic carboxylic acids is 1. The Kier molecular flexibility index (Phi) is 13.5. The van der Waals surface area contributed by atoms with Crippen LogP contribution in [0.5, 0.6) is 17.2 Å². The van der Waals surface area contributed by atoms with Crippen LogP contribution in [0.2, 0.25) is 0 Å². The minimum absolute atomic E-state index is 0.000139. The number of fused-ring (bicyclic) bond motifs is 1. The van der Waals surface area contributed by atoms with E-state index in [2.05, 4.69) is 0 Å². The summed E-state index contributed by atoms with van der Waals surface area (Å²) < 4.78 is 25.2. The van der Waals surface area contributed by atoms with E-state index in [0.717, 1.165) is 49.1 Å². The first-order valence-corrected chi connectivity index (χ1v) is 22.6. The third-order valence-electron chi connectivity index (χ3n) is 13.1. The molecule has 15 heteroatoms. The maximum absolute atomic E-state index is 13.6. The second kappa shape index (κ2) is 18.2. The average Bonchev–Trinajstić information content (AvgIpc) is 3.26. The molecular formula is C43H54O13S2. The Hall–Kier alpha value is -3.12. The maximum atomic E-state index is 13.6. The number of carboxylic acids is 1. The first kappa shape index (κ1) is 43.0. The van der Waals surface area contributed by atoms with Crippen molar-refractivity contribution in [1.82, 2.24) is 0 Å². The molecular weight excluding hydrogens is 789 g/mol. The molecule has 316 valence electrons. The van der Waals surface area contributed by atoms with Crippen molar-refractivity contribution < 1.29 is 64.3 Å². The van der Waals surface area contributed by atoms with E-state index in [0.29, 0.717) is 44.3 Å². The van der Waals surface area contributed by atoms with E-state index in [1.54, 1.807) is 10.8 Å². The molecule has 58 heavy (non-hydrogen) atoms. The van der Waals surface area contributed by atoms with E-state index in [1.807, 2.05) is 30.3 Å². The van der Waals surface area contributed by atoms with Gasteiger partial charge in [-0.1, -0.05) is 64.8 Å². The lowest BCUT2D eigenvalue weighted by molar-refractivity contribution is -0.323. The van der Waals surface area contributed by atoms with Gasteiger partial charge in [0.25, 0.3) is 0 Å². The lowest BCUT2D eigenvalue weighted by atomic mass is 9.56. The highest BCUT2D eigenvalue weighted by molar-refractivity contribution is 8.76. The van der Waals surface area contributed by atoms with Crippen molar-refractivity contribution >= 4 is 44.1 Å². The molecule has 3 aromatic carbocycles. The number of hydrogen-bond donors (Lipinski definition) is 7. The minimum Gasteiger partial charge on any atom is -0.507 e. The number of aryl methyl sites for hydroxylation is 1. The van der Waals surface area contributed by atoms with Crippen molar-refractivity contribution in [3.8, 4) is 17.2 Å². The number of Topliss-reactive ketones (excluding diaryl/α,β-unsaturated/α-hetero) is 1. The zero-order valence-electron chi connectivity index (χ0n) is 32.6. The van der Waals surface area contributed by atoms with Crippen LogP contribution in [0, 0.1) is 30.1 Å². The summed E-state index contributed by atoms with van der Waals surface area (Å²) in [5.74, 6) is -1.34. The Morgan fingerprint density at radius 1 is 1.00 bits per heavy atom. The standard InChI is InChI=1S/C43H54O13S2/c1-24-33(30(46)12-11-25-7-3-2-4-8-25)37(48)34-29(36(24)47)17-28(40(51)52)18-31(34)55-41-38(49)39(50)43(32(19-45)56-41)15-13-26-9-5-10-27-20-53-21-42(35(26)27,14-6-16-44)22-57-58-23-54-43/h2-4,7-8,17-18,26-27,32,35,38-39,41,44-45,47-50H,5-6,9-16,19-23H2,1H3,(H,51,52)/t26-,27-,32+,35-,38+,39+,41+,42+,43+/m0/s1. The van der Waals surface area contributed by atoms with Gasteiger partial charge in [0, 0.05) is 41.8 Å². The van der Waals surface area contributed by atoms with Crippen LogP contribution in [0.4, 0.5) is 0 Å². The Balaban J connectivity index is 1.20. The number of ketones is 1. The van der Waals surface area contributed by atoms with Gasteiger partial charge >= 0.3 is 5.97 Å². The van der Waals surface area contributed by atoms with E-state index in [9.17, 15) is 45.3 Å². The Morgan fingerprint density at radius 2 is 1.78 bits per heavy atom. The van der Waals surface area contributed by atoms with Gasteiger partial charge < -0.3 is 54.7 Å². The molecule has 0 radical (unpaired) electrons. The number of hydrogen-bond acceptors (Lipinski definition) is 14. The molecule has 7 N–H and O–H groups in total. The summed E-state index contributed by atoms with van der Waals surface area (Å²) >= 11 is 0. The van der Waals surface area contributed by atoms with Gasteiger partial charge in [-0.15, -0.1) is 0 Å². The summed E-state index contributed by atoms with van der Waals surface area (Å²) in [4.78, 5) is 26.0. The molecule has 3 aliphatic heterocycles. The molecule has 4 aliphatic rings.